The lowest BCUT2D eigenvalue weighted by atomic mass is 9.98. The Labute approximate surface area is 165 Å². The molecule has 0 radical (unpaired) electrons. The first kappa shape index (κ1) is 17.8. The maximum Gasteiger partial charge on any atom is 0.245 e. The van der Waals surface area contributed by atoms with Gasteiger partial charge in [0.1, 0.15) is 4.90 Å². The number of aromatic nitrogens is 1. The van der Waals surface area contributed by atoms with E-state index < -0.39 is 10.0 Å². The van der Waals surface area contributed by atoms with Gasteiger partial charge in [-0.25, -0.2) is 8.42 Å². The molecule has 0 aliphatic carbocycles. The summed E-state index contributed by atoms with van der Waals surface area (Å²) in [6.07, 6.45) is 3.56. The molecule has 2 aliphatic rings. The van der Waals surface area contributed by atoms with Gasteiger partial charge in [0.15, 0.2) is 0 Å². The molecule has 3 heterocycles. The summed E-state index contributed by atoms with van der Waals surface area (Å²) in [5.41, 5.74) is 3.34. The summed E-state index contributed by atoms with van der Waals surface area (Å²) in [4.78, 5) is 7.10. The summed E-state index contributed by atoms with van der Waals surface area (Å²) in [7, 11) is -3.55. The van der Waals surface area contributed by atoms with E-state index in [9.17, 15) is 8.42 Å². The molecule has 144 valence electrons. The highest BCUT2D eigenvalue weighted by molar-refractivity contribution is 7.89. The molecule has 5 rings (SSSR count). The van der Waals surface area contributed by atoms with Gasteiger partial charge >= 0.3 is 0 Å². The Bertz CT molecular complexity index is 1120. The average molecular weight is 394 g/mol. The molecule has 1 fully saturated rings. The molecular formula is C22H23N3O2S. The number of hydrogen-bond acceptors (Lipinski definition) is 4. The number of sulfonamides is 1. The van der Waals surface area contributed by atoms with Crippen LogP contribution in [0.25, 0.3) is 10.9 Å². The second-order valence-electron chi connectivity index (χ2n) is 7.63. The molecule has 2 aliphatic heterocycles. The van der Waals surface area contributed by atoms with Gasteiger partial charge in [0.05, 0.1) is 5.52 Å². The van der Waals surface area contributed by atoms with Crippen molar-refractivity contribution < 1.29 is 8.42 Å². The molecule has 5 nitrogen and oxygen atoms in total. The van der Waals surface area contributed by atoms with E-state index in [1.807, 2.05) is 18.2 Å². The molecule has 0 bridgehead atoms. The number of hydrogen-bond donors (Lipinski definition) is 0. The van der Waals surface area contributed by atoms with Gasteiger partial charge in [-0.15, -0.1) is 0 Å². The highest BCUT2D eigenvalue weighted by atomic mass is 32.2. The third-order valence-electron chi connectivity index (χ3n) is 6.02. The van der Waals surface area contributed by atoms with Gasteiger partial charge in [0.2, 0.25) is 10.0 Å². The highest BCUT2D eigenvalue weighted by Gasteiger charge is 2.36. The number of benzene rings is 2. The smallest absolute Gasteiger partial charge is 0.245 e. The van der Waals surface area contributed by atoms with Gasteiger partial charge in [-0.1, -0.05) is 42.5 Å². The highest BCUT2D eigenvalue weighted by Crippen LogP contribution is 2.30. The molecule has 1 aromatic heterocycles. The van der Waals surface area contributed by atoms with Crippen molar-refractivity contribution in [3.8, 4) is 0 Å². The van der Waals surface area contributed by atoms with Gasteiger partial charge in [-0.2, -0.15) is 4.31 Å². The zero-order chi connectivity index (χ0) is 19.1. The molecule has 0 spiro atoms. The first-order chi connectivity index (χ1) is 13.6. The van der Waals surface area contributed by atoms with Crippen molar-refractivity contribution >= 4 is 20.9 Å². The van der Waals surface area contributed by atoms with E-state index in [4.69, 9.17) is 0 Å². The largest absolute Gasteiger partial charge is 0.294 e. The van der Waals surface area contributed by atoms with Gasteiger partial charge in [0, 0.05) is 43.8 Å². The van der Waals surface area contributed by atoms with Crippen LogP contribution in [0.1, 0.15) is 17.5 Å². The van der Waals surface area contributed by atoms with Crippen molar-refractivity contribution in [2.75, 3.05) is 19.6 Å². The van der Waals surface area contributed by atoms with E-state index in [0.29, 0.717) is 23.5 Å². The van der Waals surface area contributed by atoms with Gasteiger partial charge in [-0.05, 0) is 36.1 Å². The second kappa shape index (κ2) is 6.95. The number of nitrogens with zero attached hydrogens (tertiary/aromatic N) is 3. The van der Waals surface area contributed by atoms with E-state index in [0.717, 1.165) is 31.3 Å². The molecule has 6 heteroatoms. The fraction of sp³-hybridized carbons (Fsp3) is 0.318. The minimum Gasteiger partial charge on any atom is -0.294 e. The minimum absolute atomic E-state index is 0.270. The zero-order valence-corrected chi connectivity index (χ0v) is 16.5. The van der Waals surface area contributed by atoms with E-state index in [2.05, 4.69) is 34.1 Å². The van der Waals surface area contributed by atoms with Crippen LogP contribution in [0.15, 0.2) is 65.7 Å². The molecule has 3 aromatic rings. The van der Waals surface area contributed by atoms with Crippen LogP contribution in [0.5, 0.6) is 0 Å². The molecule has 0 amide bonds. The van der Waals surface area contributed by atoms with Crippen molar-refractivity contribution in [2.45, 2.75) is 30.3 Å². The maximum absolute atomic E-state index is 13.3. The molecule has 1 atom stereocenters. The molecule has 0 saturated carbocycles. The van der Waals surface area contributed by atoms with Crippen LogP contribution >= 0.6 is 0 Å². The molecule has 1 unspecified atom stereocenters. The van der Waals surface area contributed by atoms with Crippen molar-refractivity contribution in [1.82, 2.24) is 14.2 Å². The lowest BCUT2D eigenvalue weighted by Gasteiger charge is -2.33. The fourth-order valence-electron chi connectivity index (χ4n) is 4.48. The van der Waals surface area contributed by atoms with Crippen LogP contribution in [0.4, 0.5) is 0 Å². The van der Waals surface area contributed by atoms with E-state index in [-0.39, 0.29) is 6.04 Å². The van der Waals surface area contributed by atoms with E-state index in [1.165, 1.54) is 11.1 Å². The Balaban J connectivity index is 1.38. The predicted octanol–water partition coefficient (Wildman–Crippen LogP) is 3.06. The van der Waals surface area contributed by atoms with Crippen LogP contribution in [0.2, 0.25) is 0 Å². The summed E-state index contributed by atoms with van der Waals surface area (Å²) < 4.78 is 28.3. The van der Waals surface area contributed by atoms with Crippen LogP contribution in [-0.4, -0.2) is 48.3 Å². The molecule has 0 N–H and O–H groups in total. The third kappa shape index (κ3) is 3.02. The fourth-order valence-corrected chi connectivity index (χ4v) is 6.14. The monoisotopic (exact) mass is 393 g/mol. The zero-order valence-electron chi connectivity index (χ0n) is 15.7. The lowest BCUT2D eigenvalue weighted by Crippen LogP contribution is -2.41. The Morgan fingerprint density at radius 1 is 0.929 bits per heavy atom. The summed E-state index contributed by atoms with van der Waals surface area (Å²) in [6.45, 7) is 3.01. The van der Waals surface area contributed by atoms with Crippen LogP contribution in [-0.2, 0) is 23.0 Å². The second-order valence-corrected chi connectivity index (χ2v) is 9.53. The normalized spacial score (nSPS) is 21.1. The summed E-state index contributed by atoms with van der Waals surface area (Å²) in [5, 5.41) is 0.854. The predicted molar refractivity (Wildman–Crippen MR) is 109 cm³/mol. The van der Waals surface area contributed by atoms with Crippen molar-refractivity contribution in [3.05, 3.63) is 71.9 Å². The third-order valence-corrected chi connectivity index (χ3v) is 7.91. The van der Waals surface area contributed by atoms with Crippen LogP contribution < -0.4 is 0 Å². The minimum atomic E-state index is -3.55. The topological polar surface area (TPSA) is 53.5 Å². The molecular weight excluding hydrogens is 370 g/mol. The summed E-state index contributed by atoms with van der Waals surface area (Å²) in [6, 6.07) is 17.9. The Morgan fingerprint density at radius 3 is 2.64 bits per heavy atom. The molecule has 28 heavy (non-hydrogen) atoms. The van der Waals surface area contributed by atoms with Gasteiger partial charge in [0.25, 0.3) is 0 Å². The van der Waals surface area contributed by atoms with Crippen LogP contribution in [0.3, 0.4) is 0 Å². The SMILES string of the molecule is O=S(=O)(c1cccc2cccnc12)N1CCC(N2CCc3ccccc3C2)C1. The standard InChI is InChI=1S/C22H23N3O2S/c26-28(27,21-9-3-7-18-8-4-12-23-22(18)21)25-14-11-20(16-25)24-13-10-17-5-1-2-6-19(17)15-24/h1-9,12,20H,10-11,13-16H2. The Hall–Kier alpha value is -2.28. The van der Waals surface area contributed by atoms with Gasteiger partial charge < -0.3 is 0 Å². The van der Waals surface area contributed by atoms with Gasteiger partial charge in [-0.3, -0.25) is 9.88 Å². The first-order valence-electron chi connectivity index (χ1n) is 9.78. The first-order valence-corrected chi connectivity index (χ1v) is 11.2. The number of para-hydroxylation sites is 1. The molecule has 2 aromatic carbocycles. The number of fused-ring (bicyclic) bond motifs is 2. The van der Waals surface area contributed by atoms with E-state index >= 15 is 0 Å². The quantitative estimate of drug-likeness (QED) is 0.686. The number of rotatable bonds is 3. The Kier molecular flexibility index (Phi) is 4.42. The maximum atomic E-state index is 13.3. The van der Waals surface area contributed by atoms with Crippen molar-refractivity contribution in [1.29, 1.82) is 0 Å². The van der Waals surface area contributed by atoms with Crippen molar-refractivity contribution in [3.63, 3.8) is 0 Å². The average Bonchev–Trinajstić information content (AvgIpc) is 3.24. The number of pyridine rings is 1. The van der Waals surface area contributed by atoms with Crippen molar-refractivity contribution in [2.24, 2.45) is 0 Å². The molecule has 1 saturated heterocycles. The summed E-state index contributed by atoms with van der Waals surface area (Å²) >= 11 is 0. The van der Waals surface area contributed by atoms with Crippen LogP contribution in [0, 0.1) is 0 Å². The summed E-state index contributed by atoms with van der Waals surface area (Å²) in [5.74, 6) is 0. The Morgan fingerprint density at radius 2 is 1.75 bits per heavy atom. The van der Waals surface area contributed by atoms with E-state index in [1.54, 1.807) is 22.6 Å². The lowest BCUT2D eigenvalue weighted by molar-refractivity contribution is 0.185.